The minimum Gasteiger partial charge on any atom is -0.475 e. The van der Waals surface area contributed by atoms with E-state index < -0.39 is 5.60 Å². The lowest BCUT2D eigenvalue weighted by Gasteiger charge is -2.31. The molecule has 6 heteroatoms. The third-order valence-corrected chi connectivity index (χ3v) is 4.87. The van der Waals surface area contributed by atoms with Gasteiger partial charge in [0.2, 0.25) is 5.88 Å². The standard InChI is InChI=1S/C21H34N2O4/c1-4-12-27-21(10-8-6-7-9-11-21)20(24)23-18-15-17(3)19(22-16-18)26-14-13-25-5-2/h15-16H,4-14H2,1-3H3,(H,23,24). The number of aryl methyl sites for hydroxylation is 1. The average molecular weight is 379 g/mol. The first-order valence-electron chi connectivity index (χ1n) is 10.2. The molecule has 6 nitrogen and oxygen atoms in total. The van der Waals surface area contributed by atoms with E-state index >= 15 is 0 Å². The van der Waals surface area contributed by atoms with Gasteiger partial charge >= 0.3 is 0 Å². The number of hydrogen-bond donors (Lipinski definition) is 1. The topological polar surface area (TPSA) is 69.7 Å². The second-order valence-electron chi connectivity index (χ2n) is 7.10. The van der Waals surface area contributed by atoms with Crippen molar-refractivity contribution in [3.63, 3.8) is 0 Å². The Morgan fingerprint density at radius 3 is 2.52 bits per heavy atom. The van der Waals surface area contributed by atoms with Crippen LogP contribution in [0.25, 0.3) is 0 Å². The van der Waals surface area contributed by atoms with Gasteiger partial charge in [0, 0.05) is 18.8 Å². The fourth-order valence-corrected chi connectivity index (χ4v) is 3.40. The molecule has 0 aromatic carbocycles. The third kappa shape index (κ3) is 6.47. The molecule has 1 fully saturated rings. The van der Waals surface area contributed by atoms with E-state index in [9.17, 15) is 4.79 Å². The number of nitrogens with one attached hydrogen (secondary N) is 1. The van der Waals surface area contributed by atoms with Gasteiger partial charge in [-0.3, -0.25) is 4.79 Å². The van der Waals surface area contributed by atoms with Crippen LogP contribution in [0, 0.1) is 6.92 Å². The van der Waals surface area contributed by atoms with Gasteiger partial charge in [-0.1, -0.05) is 32.6 Å². The van der Waals surface area contributed by atoms with Crippen molar-refractivity contribution in [3.05, 3.63) is 17.8 Å². The lowest BCUT2D eigenvalue weighted by atomic mass is 9.92. The lowest BCUT2D eigenvalue weighted by Crippen LogP contribution is -2.45. The Bertz CT molecular complexity index is 584. The molecule has 0 atom stereocenters. The summed E-state index contributed by atoms with van der Waals surface area (Å²) in [5, 5.41) is 3.03. The molecular formula is C21H34N2O4. The molecule has 0 spiro atoms. The number of hydrogen-bond acceptors (Lipinski definition) is 5. The van der Waals surface area contributed by atoms with Crippen molar-refractivity contribution in [2.45, 2.75) is 71.3 Å². The second-order valence-corrected chi connectivity index (χ2v) is 7.10. The first-order chi connectivity index (χ1) is 13.1. The van der Waals surface area contributed by atoms with Crippen molar-refractivity contribution in [1.29, 1.82) is 0 Å². The van der Waals surface area contributed by atoms with E-state index in [4.69, 9.17) is 14.2 Å². The van der Waals surface area contributed by atoms with E-state index in [2.05, 4.69) is 17.2 Å². The second kappa shape index (κ2) is 11.2. The molecular weight excluding hydrogens is 344 g/mol. The largest absolute Gasteiger partial charge is 0.475 e. The van der Waals surface area contributed by atoms with E-state index in [-0.39, 0.29) is 5.91 Å². The summed E-state index contributed by atoms with van der Waals surface area (Å²) in [6, 6.07) is 1.89. The Hall–Kier alpha value is -1.66. The molecule has 0 radical (unpaired) electrons. The summed E-state index contributed by atoms with van der Waals surface area (Å²) >= 11 is 0. The van der Waals surface area contributed by atoms with Gasteiger partial charge in [0.25, 0.3) is 5.91 Å². The van der Waals surface area contributed by atoms with Crippen molar-refractivity contribution >= 4 is 11.6 Å². The number of carbonyl (C=O) groups is 1. The summed E-state index contributed by atoms with van der Waals surface area (Å²) in [5.41, 5.74) is 0.847. The quantitative estimate of drug-likeness (QED) is 0.486. The van der Waals surface area contributed by atoms with E-state index in [1.165, 1.54) is 12.8 Å². The highest BCUT2D eigenvalue weighted by Gasteiger charge is 2.39. The minimum absolute atomic E-state index is 0.0518. The van der Waals surface area contributed by atoms with Gasteiger partial charge in [0.1, 0.15) is 12.2 Å². The fourth-order valence-electron chi connectivity index (χ4n) is 3.40. The molecule has 2 rings (SSSR count). The zero-order valence-electron chi connectivity index (χ0n) is 17.0. The number of pyridine rings is 1. The zero-order chi connectivity index (χ0) is 19.5. The van der Waals surface area contributed by atoms with Crippen molar-refractivity contribution in [2.24, 2.45) is 0 Å². The monoisotopic (exact) mass is 378 g/mol. The molecule has 0 unspecified atom stereocenters. The van der Waals surface area contributed by atoms with Gasteiger partial charge in [-0.2, -0.15) is 0 Å². The zero-order valence-corrected chi connectivity index (χ0v) is 17.0. The highest BCUT2D eigenvalue weighted by molar-refractivity contribution is 5.97. The van der Waals surface area contributed by atoms with Gasteiger partial charge in [-0.15, -0.1) is 0 Å². The van der Waals surface area contributed by atoms with Gasteiger partial charge in [0.05, 0.1) is 18.5 Å². The Balaban J connectivity index is 2.02. The van der Waals surface area contributed by atoms with Crippen LogP contribution in [0.15, 0.2) is 12.3 Å². The number of ether oxygens (including phenoxy) is 3. The SMILES string of the molecule is CCCOC1(C(=O)Nc2cnc(OCCOCC)c(C)c2)CCCCCC1. The van der Waals surface area contributed by atoms with Crippen LogP contribution in [0.5, 0.6) is 5.88 Å². The summed E-state index contributed by atoms with van der Waals surface area (Å²) < 4.78 is 17.0. The molecule has 1 N–H and O–H groups in total. The number of anilines is 1. The molecule has 152 valence electrons. The van der Waals surface area contributed by atoms with Crippen LogP contribution in [-0.4, -0.2) is 42.9 Å². The van der Waals surface area contributed by atoms with Crippen LogP contribution in [-0.2, 0) is 14.3 Å². The average Bonchev–Trinajstić information content (AvgIpc) is 2.91. The van der Waals surface area contributed by atoms with Gasteiger partial charge < -0.3 is 19.5 Å². The normalized spacial score (nSPS) is 16.6. The maximum atomic E-state index is 13.1. The highest BCUT2D eigenvalue weighted by Crippen LogP contribution is 2.32. The molecule has 1 amide bonds. The number of carbonyl (C=O) groups excluding carboxylic acids is 1. The van der Waals surface area contributed by atoms with Crippen LogP contribution in [0.4, 0.5) is 5.69 Å². The highest BCUT2D eigenvalue weighted by atomic mass is 16.5. The van der Waals surface area contributed by atoms with Crippen LogP contribution in [0.2, 0.25) is 0 Å². The van der Waals surface area contributed by atoms with Crippen LogP contribution in [0.3, 0.4) is 0 Å². The first kappa shape index (κ1) is 21.6. The van der Waals surface area contributed by atoms with E-state index in [0.29, 0.717) is 38.0 Å². The van der Waals surface area contributed by atoms with Gasteiger partial charge in [-0.25, -0.2) is 4.98 Å². The Kier molecular flexibility index (Phi) is 9.01. The predicted molar refractivity (Wildman–Crippen MR) is 106 cm³/mol. The summed E-state index contributed by atoms with van der Waals surface area (Å²) in [6.07, 6.45) is 8.50. The number of rotatable bonds is 10. The fraction of sp³-hybridized carbons (Fsp3) is 0.714. The lowest BCUT2D eigenvalue weighted by molar-refractivity contribution is -0.143. The molecule has 27 heavy (non-hydrogen) atoms. The number of nitrogens with zero attached hydrogens (tertiary/aromatic N) is 1. The molecule has 1 aromatic rings. The maximum absolute atomic E-state index is 13.1. The molecule has 0 bridgehead atoms. The number of amides is 1. The van der Waals surface area contributed by atoms with Crippen LogP contribution >= 0.6 is 0 Å². The van der Waals surface area contributed by atoms with Crippen molar-refractivity contribution in [1.82, 2.24) is 4.98 Å². The van der Waals surface area contributed by atoms with Crippen molar-refractivity contribution < 1.29 is 19.0 Å². The van der Waals surface area contributed by atoms with Crippen molar-refractivity contribution in [2.75, 3.05) is 31.7 Å². The molecule has 1 aromatic heterocycles. The smallest absolute Gasteiger partial charge is 0.256 e. The molecule has 1 aliphatic carbocycles. The summed E-state index contributed by atoms with van der Waals surface area (Å²) in [6.45, 7) is 8.22. The van der Waals surface area contributed by atoms with E-state index in [1.807, 2.05) is 19.9 Å². The van der Waals surface area contributed by atoms with Crippen LogP contribution in [0.1, 0.15) is 64.4 Å². The Morgan fingerprint density at radius 2 is 1.89 bits per heavy atom. The Labute approximate surface area is 163 Å². The Morgan fingerprint density at radius 1 is 1.15 bits per heavy atom. The molecule has 1 aliphatic rings. The molecule has 1 heterocycles. The van der Waals surface area contributed by atoms with Crippen LogP contribution < -0.4 is 10.1 Å². The summed E-state index contributed by atoms with van der Waals surface area (Å²) in [7, 11) is 0. The maximum Gasteiger partial charge on any atom is 0.256 e. The van der Waals surface area contributed by atoms with E-state index in [1.54, 1.807) is 6.20 Å². The van der Waals surface area contributed by atoms with E-state index in [0.717, 1.165) is 37.7 Å². The van der Waals surface area contributed by atoms with Crippen molar-refractivity contribution in [3.8, 4) is 5.88 Å². The minimum atomic E-state index is -0.715. The predicted octanol–water partition coefficient (Wildman–Crippen LogP) is 4.26. The van der Waals surface area contributed by atoms with Gasteiger partial charge in [0.15, 0.2) is 0 Å². The first-order valence-corrected chi connectivity index (χ1v) is 10.2. The number of aromatic nitrogens is 1. The molecule has 0 aliphatic heterocycles. The van der Waals surface area contributed by atoms with Gasteiger partial charge in [-0.05, 0) is 39.2 Å². The summed E-state index contributed by atoms with van der Waals surface area (Å²) in [4.78, 5) is 17.4. The molecule has 0 saturated heterocycles. The summed E-state index contributed by atoms with van der Waals surface area (Å²) in [5.74, 6) is 0.517. The third-order valence-electron chi connectivity index (χ3n) is 4.87. The molecule has 1 saturated carbocycles.